The van der Waals surface area contributed by atoms with Crippen LogP contribution in [-0.4, -0.2) is 27.4 Å². The fourth-order valence-corrected chi connectivity index (χ4v) is 2.46. The molecule has 7 heteroatoms. The first-order valence-electron chi connectivity index (χ1n) is 7.36. The van der Waals surface area contributed by atoms with Crippen molar-refractivity contribution in [1.29, 1.82) is 0 Å². The van der Waals surface area contributed by atoms with Crippen LogP contribution in [0.4, 0.5) is 0 Å². The third-order valence-corrected chi connectivity index (χ3v) is 3.73. The van der Waals surface area contributed by atoms with Crippen LogP contribution in [0.3, 0.4) is 0 Å². The molecule has 0 aromatic carbocycles. The van der Waals surface area contributed by atoms with Crippen LogP contribution in [0.5, 0.6) is 0 Å². The summed E-state index contributed by atoms with van der Waals surface area (Å²) in [7, 11) is 0. The number of furan rings is 1. The summed E-state index contributed by atoms with van der Waals surface area (Å²) in [5, 5.41) is 11.0. The van der Waals surface area contributed by atoms with E-state index >= 15 is 0 Å². The van der Waals surface area contributed by atoms with Crippen LogP contribution >= 0.6 is 0 Å². The topological polar surface area (TPSA) is 86.1 Å². The quantitative estimate of drug-likeness (QED) is 0.752. The Bertz CT molecular complexity index is 706. The van der Waals surface area contributed by atoms with Crippen molar-refractivity contribution in [3.63, 3.8) is 0 Å². The number of nitrogens with one attached hydrogen (secondary N) is 1. The van der Waals surface area contributed by atoms with Gasteiger partial charge in [0, 0.05) is 24.5 Å². The van der Waals surface area contributed by atoms with Crippen molar-refractivity contribution in [1.82, 2.24) is 20.3 Å². The van der Waals surface area contributed by atoms with E-state index in [4.69, 9.17) is 8.94 Å². The number of amides is 1. The zero-order valence-electron chi connectivity index (χ0n) is 13.0. The molecule has 0 saturated carbocycles. The van der Waals surface area contributed by atoms with Gasteiger partial charge in [-0.2, -0.15) is 5.10 Å². The van der Waals surface area contributed by atoms with Crippen molar-refractivity contribution >= 4 is 5.91 Å². The van der Waals surface area contributed by atoms with E-state index in [1.165, 1.54) is 0 Å². The second-order valence-electron chi connectivity index (χ2n) is 5.30. The molecule has 0 fully saturated rings. The van der Waals surface area contributed by atoms with E-state index in [0.29, 0.717) is 12.3 Å². The molecule has 7 nitrogen and oxygen atoms in total. The summed E-state index contributed by atoms with van der Waals surface area (Å²) in [6.07, 6.45) is 5.39. The van der Waals surface area contributed by atoms with Crippen molar-refractivity contribution in [3.8, 4) is 0 Å². The lowest BCUT2D eigenvalue weighted by atomic mass is 10.1. The van der Waals surface area contributed by atoms with Crippen LogP contribution in [0.1, 0.15) is 28.8 Å². The summed E-state index contributed by atoms with van der Waals surface area (Å²) >= 11 is 0. The first kappa shape index (κ1) is 15.1. The van der Waals surface area contributed by atoms with Gasteiger partial charge in [-0.3, -0.25) is 9.48 Å². The van der Waals surface area contributed by atoms with Crippen LogP contribution < -0.4 is 5.32 Å². The number of rotatable bonds is 6. The molecule has 0 aliphatic heterocycles. The predicted molar refractivity (Wildman–Crippen MR) is 81.8 cm³/mol. The van der Waals surface area contributed by atoms with Gasteiger partial charge in [0.25, 0.3) is 0 Å². The van der Waals surface area contributed by atoms with Gasteiger partial charge in [-0.1, -0.05) is 5.16 Å². The Labute approximate surface area is 133 Å². The second kappa shape index (κ2) is 6.51. The van der Waals surface area contributed by atoms with Crippen LogP contribution in [-0.2, 0) is 11.2 Å². The number of aromatic nitrogens is 3. The molecule has 3 aromatic rings. The highest BCUT2D eigenvalue weighted by Gasteiger charge is 2.19. The Morgan fingerprint density at radius 1 is 1.39 bits per heavy atom. The maximum Gasteiger partial charge on any atom is 0.224 e. The van der Waals surface area contributed by atoms with Crippen LogP contribution in [0.2, 0.25) is 0 Å². The Balaban J connectivity index is 1.66. The molecule has 120 valence electrons. The first-order chi connectivity index (χ1) is 11.1. The zero-order valence-corrected chi connectivity index (χ0v) is 13.0. The normalized spacial score (nSPS) is 12.3. The van der Waals surface area contributed by atoms with Gasteiger partial charge in [-0.25, -0.2) is 0 Å². The minimum atomic E-state index is -0.186. The highest BCUT2D eigenvalue weighted by Crippen LogP contribution is 2.17. The Morgan fingerprint density at radius 2 is 2.26 bits per heavy atom. The van der Waals surface area contributed by atoms with E-state index in [1.54, 1.807) is 24.1 Å². The first-order valence-corrected chi connectivity index (χ1v) is 7.36. The van der Waals surface area contributed by atoms with Crippen molar-refractivity contribution < 1.29 is 13.7 Å². The average molecular weight is 314 g/mol. The SMILES string of the molecule is Cc1noc(C)c1CC(=O)NCC(c1ccco1)n1cccn1. The number of nitrogens with zero attached hydrogens (tertiary/aromatic N) is 3. The third-order valence-electron chi connectivity index (χ3n) is 3.73. The molecule has 1 amide bonds. The van der Waals surface area contributed by atoms with Crippen LogP contribution in [0.15, 0.2) is 45.8 Å². The maximum absolute atomic E-state index is 12.2. The Kier molecular flexibility index (Phi) is 4.27. The molecule has 3 rings (SSSR count). The standard InChI is InChI=1S/C16H18N4O3/c1-11-13(12(2)23-19-11)9-16(21)17-10-14(15-5-3-8-22-15)20-7-4-6-18-20/h3-8,14H,9-10H2,1-2H3,(H,17,21). The molecule has 0 radical (unpaired) electrons. The summed E-state index contributed by atoms with van der Waals surface area (Å²) in [4.78, 5) is 12.2. The molecule has 3 aromatic heterocycles. The van der Waals surface area contributed by atoms with Gasteiger partial charge >= 0.3 is 0 Å². The molecule has 0 aliphatic carbocycles. The van der Waals surface area contributed by atoms with Crippen LogP contribution in [0, 0.1) is 13.8 Å². The minimum absolute atomic E-state index is 0.0943. The lowest BCUT2D eigenvalue weighted by Crippen LogP contribution is -2.32. The van der Waals surface area contributed by atoms with Gasteiger partial charge in [-0.05, 0) is 32.0 Å². The van der Waals surface area contributed by atoms with Gasteiger partial charge in [0.1, 0.15) is 17.6 Å². The van der Waals surface area contributed by atoms with Gasteiger partial charge in [0.15, 0.2) is 0 Å². The molecule has 1 unspecified atom stereocenters. The van der Waals surface area contributed by atoms with Crippen molar-refractivity contribution in [3.05, 3.63) is 59.6 Å². The lowest BCUT2D eigenvalue weighted by molar-refractivity contribution is -0.120. The van der Waals surface area contributed by atoms with E-state index in [9.17, 15) is 4.79 Å². The molecule has 1 N–H and O–H groups in total. The number of aryl methyl sites for hydroxylation is 2. The largest absolute Gasteiger partial charge is 0.467 e. The summed E-state index contributed by atoms with van der Waals surface area (Å²) in [6.45, 7) is 4.02. The molecular weight excluding hydrogens is 296 g/mol. The summed E-state index contributed by atoms with van der Waals surface area (Å²) < 4.78 is 12.3. The number of carbonyl (C=O) groups is 1. The summed E-state index contributed by atoms with van der Waals surface area (Å²) in [5.74, 6) is 1.32. The van der Waals surface area contributed by atoms with E-state index in [0.717, 1.165) is 17.0 Å². The fourth-order valence-electron chi connectivity index (χ4n) is 2.46. The molecule has 0 bridgehead atoms. The monoisotopic (exact) mass is 314 g/mol. The van der Waals surface area contributed by atoms with Gasteiger partial charge in [-0.15, -0.1) is 0 Å². The van der Waals surface area contributed by atoms with E-state index in [2.05, 4.69) is 15.6 Å². The lowest BCUT2D eigenvalue weighted by Gasteiger charge is -2.16. The fraction of sp³-hybridized carbons (Fsp3) is 0.312. The third kappa shape index (κ3) is 3.33. The number of hydrogen-bond acceptors (Lipinski definition) is 5. The van der Waals surface area contributed by atoms with Gasteiger partial charge < -0.3 is 14.3 Å². The number of hydrogen-bond donors (Lipinski definition) is 1. The van der Waals surface area contributed by atoms with Gasteiger partial charge in [0.05, 0.1) is 18.4 Å². The second-order valence-corrected chi connectivity index (χ2v) is 5.30. The van der Waals surface area contributed by atoms with Gasteiger partial charge in [0.2, 0.25) is 5.91 Å². The van der Waals surface area contributed by atoms with Crippen molar-refractivity contribution in [2.24, 2.45) is 0 Å². The summed E-state index contributed by atoms with van der Waals surface area (Å²) in [6, 6.07) is 5.33. The highest BCUT2D eigenvalue weighted by atomic mass is 16.5. The average Bonchev–Trinajstić information content (AvgIpc) is 3.27. The molecule has 0 saturated heterocycles. The predicted octanol–water partition coefficient (Wildman–Crippen LogP) is 2.03. The molecule has 23 heavy (non-hydrogen) atoms. The molecule has 0 spiro atoms. The Morgan fingerprint density at radius 3 is 2.87 bits per heavy atom. The van der Waals surface area contributed by atoms with Crippen LogP contribution in [0.25, 0.3) is 0 Å². The summed E-state index contributed by atoms with van der Waals surface area (Å²) in [5.41, 5.74) is 1.57. The Hall–Kier alpha value is -2.83. The molecular formula is C16H18N4O3. The molecule has 0 aliphatic rings. The van der Waals surface area contributed by atoms with Crippen molar-refractivity contribution in [2.45, 2.75) is 26.3 Å². The minimum Gasteiger partial charge on any atom is -0.467 e. The van der Waals surface area contributed by atoms with E-state index in [1.807, 2.05) is 31.3 Å². The maximum atomic E-state index is 12.2. The molecule has 3 heterocycles. The highest BCUT2D eigenvalue weighted by molar-refractivity contribution is 5.79. The van der Waals surface area contributed by atoms with E-state index < -0.39 is 0 Å². The van der Waals surface area contributed by atoms with Crippen molar-refractivity contribution in [2.75, 3.05) is 6.54 Å². The molecule has 1 atom stereocenters. The smallest absolute Gasteiger partial charge is 0.224 e. The van der Waals surface area contributed by atoms with E-state index in [-0.39, 0.29) is 18.4 Å². The zero-order chi connectivity index (χ0) is 16.2. The number of carbonyl (C=O) groups excluding carboxylic acids is 1.